The highest BCUT2D eigenvalue weighted by atomic mass is 19.1. The van der Waals surface area contributed by atoms with E-state index in [4.69, 9.17) is 5.26 Å². The third-order valence-electron chi connectivity index (χ3n) is 2.73. The van der Waals surface area contributed by atoms with Crippen LogP contribution >= 0.6 is 0 Å². The molecule has 4 heteroatoms. The van der Waals surface area contributed by atoms with E-state index in [0.717, 1.165) is 0 Å². The lowest BCUT2D eigenvalue weighted by atomic mass is 10.1. The van der Waals surface area contributed by atoms with Crippen molar-refractivity contribution in [1.82, 2.24) is 0 Å². The maximum absolute atomic E-state index is 13.0. The summed E-state index contributed by atoms with van der Waals surface area (Å²) in [5.74, 6) is -0.744. The molecule has 0 heterocycles. The van der Waals surface area contributed by atoms with Gasteiger partial charge < -0.3 is 5.32 Å². The van der Waals surface area contributed by atoms with E-state index in [0.29, 0.717) is 22.4 Å². The summed E-state index contributed by atoms with van der Waals surface area (Å²) in [6.45, 7) is 1.66. The molecule has 2 aromatic rings. The Kier molecular flexibility index (Phi) is 3.58. The van der Waals surface area contributed by atoms with Crippen molar-refractivity contribution in [1.29, 1.82) is 5.26 Å². The first-order chi connectivity index (χ1) is 9.11. The summed E-state index contributed by atoms with van der Waals surface area (Å²) in [5.41, 5.74) is 1.76. The normalized spacial score (nSPS) is 9.74. The number of rotatable bonds is 2. The van der Waals surface area contributed by atoms with E-state index >= 15 is 0 Å². The predicted molar refractivity (Wildman–Crippen MR) is 70.2 cm³/mol. The number of anilines is 1. The second-order valence-corrected chi connectivity index (χ2v) is 4.07. The van der Waals surface area contributed by atoms with Crippen molar-refractivity contribution < 1.29 is 9.18 Å². The highest BCUT2D eigenvalue weighted by Gasteiger charge is 2.11. The molecule has 0 aliphatic rings. The Bertz CT molecular complexity index is 674. The molecule has 0 radical (unpaired) electrons. The van der Waals surface area contributed by atoms with Gasteiger partial charge in [-0.3, -0.25) is 4.79 Å². The maximum atomic E-state index is 13.0. The van der Waals surface area contributed by atoms with Gasteiger partial charge in [0.2, 0.25) is 0 Å². The summed E-state index contributed by atoms with van der Waals surface area (Å²) in [7, 11) is 0. The molecule has 0 fully saturated rings. The van der Waals surface area contributed by atoms with Gasteiger partial charge in [-0.2, -0.15) is 5.26 Å². The number of hydrogen-bond acceptors (Lipinski definition) is 2. The topological polar surface area (TPSA) is 52.9 Å². The molecule has 0 saturated carbocycles. The summed E-state index contributed by atoms with van der Waals surface area (Å²) in [4.78, 5) is 12.1. The second-order valence-electron chi connectivity index (χ2n) is 4.07. The van der Waals surface area contributed by atoms with E-state index in [1.54, 1.807) is 31.2 Å². The van der Waals surface area contributed by atoms with Crippen molar-refractivity contribution >= 4 is 11.6 Å². The van der Waals surface area contributed by atoms with Crippen LogP contribution in [0.2, 0.25) is 0 Å². The maximum Gasteiger partial charge on any atom is 0.255 e. The van der Waals surface area contributed by atoms with E-state index in [9.17, 15) is 9.18 Å². The SMILES string of the molecule is Cc1cc(F)ccc1C(=O)Nc1ccccc1C#N. The van der Waals surface area contributed by atoms with Crippen LogP contribution in [0.1, 0.15) is 21.5 Å². The van der Waals surface area contributed by atoms with Crippen molar-refractivity contribution in [2.24, 2.45) is 0 Å². The Balaban J connectivity index is 2.29. The van der Waals surface area contributed by atoms with Gasteiger partial charge in [-0.05, 0) is 42.8 Å². The molecule has 0 atom stereocenters. The predicted octanol–water partition coefficient (Wildman–Crippen LogP) is 3.26. The molecule has 94 valence electrons. The lowest BCUT2D eigenvalue weighted by Gasteiger charge is -2.08. The van der Waals surface area contributed by atoms with Crippen molar-refractivity contribution in [2.45, 2.75) is 6.92 Å². The molecule has 3 nitrogen and oxygen atoms in total. The van der Waals surface area contributed by atoms with E-state index in [1.807, 2.05) is 6.07 Å². The number of amides is 1. The summed E-state index contributed by atoms with van der Waals surface area (Å²) in [6.07, 6.45) is 0. The van der Waals surface area contributed by atoms with Crippen molar-refractivity contribution in [2.75, 3.05) is 5.32 Å². The fourth-order valence-electron chi connectivity index (χ4n) is 1.76. The van der Waals surface area contributed by atoms with Gasteiger partial charge >= 0.3 is 0 Å². The molecule has 0 saturated heterocycles. The minimum Gasteiger partial charge on any atom is -0.321 e. The third-order valence-corrected chi connectivity index (χ3v) is 2.73. The number of nitrogens with one attached hydrogen (secondary N) is 1. The molecule has 1 N–H and O–H groups in total. The van der Waals surface area contributed by atoms with Crippen molar-refractivity contribution in [3.63, 3.8) is 0 Å². The minimum atomic E-state index is -0.383. The lowest BCUT2D eigenvalue weighted by Crippen LogP contribution is -2.14. The molecule has 2 aromatic carbocycles. The number of halogens is 1. The lowest BCUT2D eigenvalue weighted by molar-refractivity contribution is 0.102. The zero-order chi connectivity index (χ0) is 13.8. The number of carbonyl (C=O) groups is 1. The molecule has 0 aliphatic heterocycles. The Morgan fingerprint density at radius 3 is 2.68 bits per heavy atom. The van der Waals surface area contributed by atoms with Gasteiger partial charge in [0.15, 0.2) is 0 Å². The molecular formula is C15H11FN2O. The van der Waals surface area contributed by atoms with Gasteiger partial charge in [-0.25, -0.2) is 4.39 Å². The number of nitrogens with zero attached hydrogens (tertiary/aromatic N) is 1. The van der Waals surface area contributed by atoms with Gasteiger partial charge in [0, 0.05) is 5.56 Å². The molecule has 0 unspecified atom stereocenters. The second kappa shape index (κ2) is 5.32. The summed E-state index contributed by atoms with van der Waals surface area (Å²) < 4.78 is 13.0. The minimum absolute atomic E-state index is 0.361. The van der Waals surface area contributed by atoms with Crippen LogP contribution in [0, 0.1) is 24.1 Å². The van der Waals surface area contributed by atoms with E-state index in [-0.39, 0.29) is 11.7 Å². The first-order valence-electron chi connectivity index (χ1n) is 5.68. The average Bonchev–Trinajstić information content (AvgIpc) is 2.39. The fraction of sp³-hybridized carbons (Fsp3) is 0.0667. The van der Waals surface area contributed by atoms with Gasteiger partial charge in [0.1, 0.15) is 11.9 Å². The van der Waals surface area contributed by atoms with Crippen molar-refractivity contribution in [3.8, 4) is 6.07 Å². The quantitative estimate of drug-likeness (QED) is 0.894. The molecule has 0 bridgehead atoms. The first-order valence-corrected chi connectivity index (χ1v) is 5.68. The van der Waals surface area contributed by atoms with Crippen LogP contribution in [-0.2, 0) is 0 Å². The zero-order valence-corrected chi connectivity index (χ0v) is 10.3. The van der Waals surface area contributed by atoms with Crippen LogP contribution in [0.4, 0.5) is 10.1 Å². The zero-order valence-electron chi connectivity index (χ0n) is 10.3. The molecule has 1 amide bonds. The number of nitriles is 1. The van der Waals surface area contributed by atoms with E-state index < -0.39 is 0 Å². The number of para-hydroxylation sites is 1. The smallest absolute Gasteiger partial charge is 0.255 e. The van der Waals surface area contributed by atoms with Crippen LogP contribution < -0.4 is 5.32 Å². The Labute approximate surface area is 110 Å². The Morgan fingerprint density at radius 1 is 1.26 bits per heavy atom. The standard InChI is InChI=1S/C15H11FN2O/c1-10-8-12(16)6-7-13(10)15(19)18-14-5-3-2-4-11(14)9-17/h2-8H,1H3,(H,18,19). The van der Waals surface area contributed by atoms with Crippen LogP contribution in [0.25, 0.3) is 0 Å². The number of hydrogen-bond donors (Lipinski definition) is 1. The van der Waals surface area contributed by atoms with Gasteiger partial charge in [0.05, 0.1) is 11.3 Å². The van der Waals surface area contributed by atoms with Crippen LogP contribution in [0.5, 0.6) is 0 Å². The monoisotopic (exact) mass is 254 g/mol. The third kappa shape index (κ3) is 2.78. The molecule has 0 aromatic heterocycles. The highest BCUT2D eigenvalue weighted by molar-refractivity contribution is 6.05. The Morgan fingerprint density at radius 2 is 2.00 bits per heavy atom. The highest BCUT2D eigenvalue weighted by Crippen LogP contribution is 2.17. The number of carbonyl (C=O) groups excluding carboxylic acids is 1. The van der Waals surface area contributed by atoms with E-state index in [2.05, 4.69) is 5.32 Å². The van der Waals surface area contributed by atoms with Gasteiger partial charge in [0.25, 0.3) is 5.91 Å². The fourth-order valence-corrected chi connectivity index (χ4v) is 1.76. The molecule has 0 spiro atoms. The first kappa shape index (κ1) is 12.8. The van der Waals surface area contributed by atoms with Crippen LogP contribution in [0.15, 0.2) is 42.5 Å². The number of aryl methyl sites for hydroxylation is 1. The summed E-state index contributed by atoms with van der Waals surface area (Å²) in [5, 5.41) is 11.6. The van der Waals surface area contributed by atoms with E-state index in [1.165, 1.54) is 18.2 Å². The molecular weight excluding hydrogens is 243 g/mol. The molecule has 19 heavy (non-hydrogen) atoms. The van der Waals surface area contributed by atoms with Crippen LogP contribution in [-0.4, -0.2) is 5.91 Å². The number of benzene rings is 2. The van der Waals surface area contributed by atoms with Gasteiger partial charge in [-0.1, -0.05) is 12.1 Å². The largest absolute Gasteiger partial charge is 0.321 e. The van der Waals surface area contributed by atoms with Gasteiger partial charge in [-0.15, -0.1) is 0 Å². The average molecular weight is 254 g/mol. The Hall–Kier alpha value is -2.67. The van der Waals surface area contributed by atoms with Crippen LogP contribution in [0.3, 0.4) is 0 Å². The summed E-state index contributed by atoms with van der Waals surface area (Å²) >= 11 is 0. The molecule has 2 rings (SSSR count). The van der Waals surface area contributed by atoms with Crippen molar-refractivity contribution in [3.05, 3.63) is 65.0 Å². The molecule has 0 aliphatic carbocycles. The summed E-state index contributed by atoms with van der Waals surface area (Å²) in [6, 6.07) is 12.7.